The number of hydrogen-bond donors (Lipinski definition) is 0. The molecule has 0 saturated carbocycles. The van der Waals surface area contributed by atoms with Crippen LogP contribution in [0.1, 0.15) is 47.5 Å². The van der Waals surface area contributed by atoms with Gasteiger partial charge in [0.15, 0.2) is 0 Å². The van der Waals surface area contributed by atoms with Gasteiger partial charge in [-0.2, -0.15) is 46.9 Å². The van der Waals surface area contributed by atoms with E-state index >= 15 is 0 Å². The first-order chi connectivity index (χ1) is 10.1. The van der Waals surface area contributed by atoms with Crippen LogP contribution < -0.4 is 0 Å². The summed E-state index contributed by atoms with van der Waals surface area (Å²) in [6, 6.07) is 0. The van der Waals surface area contributed by atoms with Crippen LogP contribution in [0, 0.1) is 12.0 Å². The van der Waals surface area contributed by atoms with Gasteiger partial charge < -0.3 is 16.0 Å². The Bertz CT molecular complexity index is 213. The Balaban J connectivity index is -0.000000107. The third-order valence-electron chi connectivity index (χ3n) is 2.81. The first-order valence-electron chi connectivity index (χ1n) is 8.03. The molecule has 3 nitrogen and oxygen atoms in total. The number of nitrogens with zero attached hydrogens (tertiary/aromatic N) is 3. The minimum absolute atomic E-state index is 0. The topological polar surface area (TPSA) is 42.3 Å². The molecule has 1 aliphatic carbocycles. The van der Waals surface area contributed by atoms with Crippen molar-refractivity contribution in [3.63, 3.8) is 0 Å². The van der Waals surface area contributed by atoms with E-state index < -0.39 is 0 Å². The van der Waals surface area contributed by atoms with Gasteiger partial charge in [-0.15, -0.1) is 6.42 Å². The summed E-state index contributed by atoms with van der Waals surface area (Å²) in [5.74, 6) is 0.712. The van der Waals surface area contributed by atoms with Gasteiger partial charge in [0.05, 0.1) is 0 Å². The summed E-state index contributed by atoms with van der Waals surface area (Å²) in [4.78, 5) is 0. The van der Waals surface area contributed by atoms with Gasteiger partial charge >= 0.3 is 26.2 Å². The summed E-state index contributed by atoms with van der Waals surface area (Å²) in [7, 11) is 5.42. The van der Waals surface area contributed by atoms with Crippen molar-refractivity contribution >= 4 is 0 Å². The Morgan fingerprint density at radius 2 is 1.32 bits per heavy atom. The van der Waals surface area contributed by atoms with E-state index in [1.807, 2.05) is 20.8 Å². The Hall–Kier alpha value is 0.243. The molecular formula is C18H37N3Zr. The largest absolute Gasteiger partial charge is 4.00 e. The van der Waals surface area contributed by atoms with Crippen molar-refractivity contribution in [1.29, 1.82) is 0 Å². The normalized spacial score (nSPS) is 12.3. The third kappa shape index (κ3) is 28.4. The molecule has 128 valence electrons. The number of allylic oxidation sites excluding steroid dienone is 4. The Morgan fingerprint density at radius 1 is 0.955 bits per heavy atom. The number of rotatable bonds is 5. The molecule has 0 N–H and O–H groups in total. The maximum Gasteiger partial charge on any atom is 4.00 e. The molecule has 0 amide bonds. The maximum atomic E-state index is 3.74. The van der Waals surface area contributed by atoms with Gasteiger partial charge in [0.1, 0.15) is 0 Å². The van der Waals surface area contributed by atoms with Crippen LogP contribution in [0.4, 0.5) is 0 Å². The molecule has 0 radical (unpaired) electrons. The molecule has 0 spiro atoms. The average Bonchev–Trinajstić information content (AvgIpc) is 3.09. The zero-order valence-corrected chi connectivity index (χ0v) is 18.6. The van der Waals surface area contributed by atoms with Crippen LogP contribution in [0.25, 0.3) is 16.0 Å². The van der Waals surface area contributed by atoms with Gasteiger partial charge in [-0.05, 0) is 0 Å². The van der Waals surface area contributed by atoms with Crippen LogP contribution in [0.2, 0.25) is 0 Å². The van der Waals surface area contributed by atoms with Gasteiger partial charge in [-0.25, -0.2) is 11.6 Å². The third-order valence-corrected chi connectivity index (χ3v) is 2.81. The second-order valence-electron chi connectivity index (χ2n) is 4.45. The zero-order valence-electron chi connectivity index (χ0n) is 16.1. The molecule has 0 aromatic heterocycles. The SMILES string of the molecule is CCC(C)C1=[C-]CC=C1.CC[N-]C.CC[N-]C.CC[N-]C.[Zr+4]. The second-order valence-corrected chi connectivity index (χ2v) is 4.45. The van der Waals surface area contributed by atoms with E-state index in [0.29, 0.717) is 5.92 Å². The van der Waals surface area contributed by atoms with Crippen LogP contribution in [0.3, 0.4) is 0 Å². The van der Waals surface area contributed by atoms with Crippen molar-refractivity contribution < 1.29 is 26.2 Å². The van der Waals surface area contributed by atoms with Crippen LogP contribution in [-0.4, -0.2) is 40.8 Å². The molecule has 0 aromatic carbocycles. The van der Waals surface area contributed by atoms with Crippen molar-refractivity contribution in [1.82, 2.24) is 0 Å². The quantitative estimate of drug-likeness (QED) is 0.540. The summed E-state index contributed by atoms with van der Waals surface area (Å²) >= 11 is 0. The monoisotopic (exact) mass is 385 g/mol. The fraction of sp³-hybridized carbons (Fsp3) is 0.778. The molecule has 0 fully saturated rings. The van der Waals surface area contributed by atoms with Crippen molar-refractivity contribution in [3.8, 4) is 0 Å². The predicted molar refractivity (Wildman–Crippen MR) is 99.4 cm³/mol. The molecule has 1 aliphatic rings. The van der Waals surface area contributed by atoms with E-state index in [1.54, 1.807) is 21.1 Å². The van der Waals surface area contributed by atoms with Gasteiger partial charge in [-0.1, -0.05) is 47.0 Å². The zero-order chi connectivity index (χ0) is 16.9. The first kappa shape index (κ1) is 30.2. The standard InChI is InChI=1S/C9H13.3C3H8N.Zr/c1-3-8(2)9-6-4-5-7-9;3*1-3-4-2;/h4,6,8H,3,5H2,1-2H3;3*3H2,1-2H3;/q4*-1;+4. The van der Waals surface area contributed by atoms with E-state index in [-0.39, 0.29) is 26.2 Å². The maximum absolute atomic E-state index is 3.74. The average molecular weight is 387 g/mol. The summed E-state index contributed by atoms with van der Waals surface area (Å²) in [5.41, 5.74) is 1.40. The summed E-state index contributed by atoms with van der Waals surface area (Å²) in [6.45, 7) is 13.3. The molecule has 0 saturated heterocycles. The Kier molecular flexibility index (Phi) is 40.1. The Morgan fingerprint density at radius 3 is 1.50 bits per heavy atom. The smallest absolute Gasteiger partial charge is 0.665 e. The second kappa shape index (κ2) is 29.3. The molecule has 1 unspecified atom stereocenters. The molecule has 1 rings (SSSR count). The van der Waals surface area contributed by atoms with Gasteiger partial charge in [0.2, 0.25) is 0 Å². The Labute approximate surface area is 159 Å². The van der Waals surface area contributed by atoms with Crippen molar-refractivity contribution in [2.75, 3.05) is 40.8 Å². The van der Waals surface area contributed by atoms with Crippen molar-refractivity contribution in [2.24, 2.45) is 5.92 Å². The van der Waals surface area contributed by atoms with E-state index in [2.05, 4.69) is 48.0 Å². The van der Waals surface area contributed by atoms with Crippen molar-refractivity contribution in [2.45, 2.75) is 47.5 Å². The fourth-order valence-electron chi connectivity index (χ4n) is 0.980. The molecule has 4 heteroatoms. The van der Waals surface area contributed by atoms with Gasteiger partial charge in [0.25, 0.3) is 0 Å². The van der Waals surface area contributed by atoms with E-state index in [9.17, 15) is 0 Å². The summed E-state index contributed by atoms with van der Waals surface area (Å²) < 4.78 is 0. The minimum Gasteiger partial charge on any atom is -0.665 e. The summed E-state index contributed by atoms with van der Waals surface area (Å²) in [6.07, 6.45) is 9.93. The van der Waals surface area contributed by atoms with Crippen LogP contribution in [0.5, 0.6) is 0 Å². The van der Waals surface area contributed by atoms with Crippen molar-refractivity contribution in [3.05, 3.63) is 39.8 Å². The summed E-state index contributed by atoms with van der Waals surface area (Å²) in [5, 5.41) is 11.2. The number of hydrogen-bond acceptors (Lipinski definition) is 0. The van der Waals surface area contributed by atoms with E-state index in [0.717, 1.165) is 26.1 Å². The molecular weight excluding hydrogens is 349 g/mol. The fourth-order valence-corrected chi connectivity index (χ4v) is 0.980. The molecule has 0 bridgehead atoms. The minimum atomic E-state index is 0. The molecule has 0 aliphatic heterocycles. The van der Waals surface area contributed by atoms with Gasteiger partial charge in [-0.3, -0.25) is 6.08 Å². The van der Waals surface area contributed by atoms with E-state index in [1.165, 1.54) is 12.0 Å². The predicted octanol–water partition coefficient (Wildman–Crippen LogP) is 5.75. The van der Waals surface area contributed by atoms with Gasteiger partial charge in [0, 0.05) is 0 Å². The van der Waals surface area contributed by atoms with E-state index in [4.69, 9.17) is 0 Å². The molecule has 0 aromatic rings. The van der Waals surface area contributed by atoms with Crippen LogP contribution in [-0.2, 0) is 26.2 Å². The molecule has 22 heavy (non-hydrogen) atoms. The first-order valence-corrected chi connectivity index (χ1v) is 8.03. The molecule has 1 atom stereocenters. The molecule has 0 heterocycles. The van der Waals surface area contributed by atoms with Crippen LogP contribution >= 0.6 is 0 Å². The van der Waals surface area contributed by atoms with Crippen LogP contribution in [0.15, 0.2) is 17.7 Å².